The number of rotatable bonds is 7. The van der Waals surface area contributed by atoms with E-state index >= 15 is 0 Å². The maximum Gasteiger partial charge on any atom is 0.220 e. The minimum Gasteiger partial charge on any atom is -0.491 e. The van der Waals surface area contributed by atoms with E-state index in [1.54, 1.807) is 12.1 Å². The molecule has 3 rings (SSSR count). The summed E-state index contributed by atoms with van der Waals surface area (Å²) in [6.45, 7) is 0.484. The third-order valence-electron chi connectivity index (χ3n) is 4.85. The van der Waals surface area contributed by atoms with Crippen LogP contribution in [-0.4, -0.2) is 37.6 Å². The lowest BCUT2D eigenvalue weighted by atomic mass is 10.0. The summed E-state index contributed by atoms with van der Waals surface area (Å²) < 4.78 is 18.7. The highest BCUT2D eigenvalue weighted by molar-refractivity contribution is 5.76. The molecule has 2 atom stereocenters. The number of amides is 1. The van der Waals surface area contributed by atoms with Crippen LogP contribution in [0.1, 0.15) is 30.0 Å². The van der Waals surface area contributed by atoms with E-state index < -0.39 is 0 Å². The van der Waals surface area contributed by atoms with Crippen LogP contribution in [0.15, 0.2) is 48.5 Å². The molecule has 0 saturated carbocycles. The fourth-order valence-electron chi connectivity index (χ4n) is 3.28. The van der Waals surface area contributed by atoms with Crippen LogP contribution in [-0.2, 0) is 11.2 Å². The molecule has 26 heavy (non-hydrogen) atoms. The molecular weight excluding hydrogens is 331 g/mol. The standard InChI is InChI=1S/C21H25FN2O2/c1-24(2)17(13-15-7-9-16(22)10-8-15)11-12-21(25)23-19-14-26-20-6-4-3-5-18(19)20/h3-10,17,19H,11-14H2,1-2H3,(H,23,25)/t17-,19?/m1/s1. The lowest BCUT2D eigenvalue weighted by Gasteiger charge is -2.24. The summed E-state index contributed by atoms with van der Waals surface area (Å²) in [5, 5.41) is 3.07. The molecule has 1 N–H and O–H groups in total. The number of para-hydroxylation sites is 1. The van der Waals surface area contributed by atoms with Crippen molar-refractivity contribution >= 4 is 5.91 Å². The van der Waals surface area contributed by atoms with E-state index in [0.29, 0.717) is 13.0 Å². The zero-order valence-corrected chi connectivity index (χ0v) is 15.2. The van der Waals surface area contributed by atoms with Gasteiger partial charge < -0.3 is 15.0 Å². The zero-order valence-electron chi connectivity index (χ0n) is 15.2. The number of ether oxygens (including phenoxy) is 1. The first kappa shape index (κ1) is 18.4. The fourth-order valence-corrected chi connectivity index (χ4v) is 3.28. The van der Waals surface area contributed by atoms with Crippen LogP contribution in [0.2, 0.25) is 0 Å². The second-order valence-corrected chi connectivity index (χ2v) is 6.96. The van der Waals surface area contributed by atoms with E-state index in [9.17, 15) is 9.18 Å². The smallest absolute Gasteiger partial charge is 0.220 e. The Bertz CT molecular complexity index is 746. The minimum atomic E-state index is -0.228. The fraction of sp³-hybridized carbons (Fsp3) is 0.381. The van der Waals surface area contributed by atoms with Gasteiger partial charge in [-0.1, -0.05) is 30.3 Å². The van der Waals surface area contributed by atoms with Crippen molar-refractivity contribution in [3.8, 4) is 5.75 Å². The highest BCUT2D eigenvalue weighted by Crippen LogP contribution is 2.31. The molecule has 2 aromatic carbocycles. The second kappa shape index (κ2) is 8.32. The number of carbonyl (C=O) groups excluding carboxylic acids is 1. The maximum absolute atomic E-state index is 13.1. The van der Waals surface area contributed by atoms with E-state index in [1.165, 1.54) is 12.1 Å². The van der Waals surface area contributed by atoms with Gasteiger partial charge in [0.2, 0.25) is 5.91 Å². The molecule has 0 radical (unpaired) electrons. The lowest BCUT2D eigenvalue weighted by Crippen LogP contribution is -2.34. The van der Waals surface area contributed by atoms with Gasteiger partial charge in [-0.2, -0.15) is 0 Å². The molecule has 2 aromatic rings. The number of benzene rings is 2. The molecule has 0 bridgehead atoms. The van der Waals surface area contributed by atoms with E-state index in [2.05, 4.69) is 10.2 Å². The minimum absolute atomic E-state index is 0.0289. The Kier molecular flexibility index (Phi) is 5.89. The van der Waals surface area contributed by atoms with E-state index in [-0.39, 0.29) is 23.8 Å². The third-order valence-corrected chi connectivity index (χ3v) is 4.85. The molecule has 0 spiro atoms. The maximum atomic E-state index is 13.1. The summed E-state index contributed by atoms with van der Waals surface area (Å²) in [4.78, 5) is 14.5. The highest BCUT2D eigenvalue weighted by atomic mass is 19.1. The molecule has 1 amide bonds. The van der Waals surface area contributed by atoms with Gasteiger partial charge in [-0.05, 0) is 50.7 Å². The summed E-state index contributed by atoms with van der Waals surface area (Å²) in [5.41, 5.74) is 2.11. The Morgan fingerprint density at radius 3 is 2.69 bits per heavy atom. The topological polar surface area (TPSA) is 41.6 Å². The van der Waals surface area contributed by atoms with Crippen LogP contribution in [0, 0.1) is 5.82 Å². The summed E-state index contributed by atoms with van der Waals surface area (Å²) >= 11 is 0. The number of hydrogen-bond acceptors (Lipinski definition) is 3. The number of nitrogens with one attached hydrogen (secondary N) is 1. The Hall–Kier alpha value is -2.40. The van der Waals surface area contributed by atoms with Gasteiger partial charge in [-0.15, -0.1) is 0 Å². The molecule has 1 heterocycles. The summed E-state index contributed by atoms with van der Waals surface area (Å²) in [6, 6.07) is 14.5. The normalized spacial score (nSPS) is 16.8. The predicted molar refractivity (Wildman–Crippen MR) is 99.6 cm³/mol. The first-order valence-electron chi connectivity index (χ1n) is 8.95. The van der Waals surface area contributed by atoms with Gasteiger partial charge in [0.15, 0.2) is 0 Å². The Morgan fingerprint density at radius 2 is 1.96 bits per heavy atom. The van der Waals surface area contributed by atoms with E-state index in [4.69, 9.17) is 4.74 Å². The highest BCUT2D eigenvalue weighted by Gasteiger charge is 2.25. The van der Waals surface area contributed by atoms with E-state index in [1.807, 2.05) is 38.4 Å². The number of nitrogens with zero attached hydrogens (tertiary/aromatic N) is 1. The Balaban J connectivity index is 1.52. The molecule has 138 valence electrons. The molecule has 0 aromatic heterocycles. The van der Waals surface area contributed by atoms with Gasteiger partial charge in [0.1, 0.15) is 18.2 Å². The number of fused-ring (bicyclic) bond motifs is 1. The molecule has 4 nitrogen and oxygen atoms in total. The summed E-state index contributed by atoms with van der Waals surface area (Å²) in [7, 11) is 4.01. The average molecular weight is 356 g/mol. The summed E-state index contributed by atoms with van der Waals surface area (Å²) in [6.07, 6.45) is 1.98. The van der Waals surface area contributed by atoms with E-state index in [0.717, 1.165) is 29.7 Å². The third kappa shape index (κ3) is 4.61. The van der Waals surface area contributed by atoms with Gasteiger partial charge in [0.25, 0.3) is 0 Å². The second-order valence-electron chi connectivity index (χ2n) is 6.96. The number of halogens is 1. The molecule has 0 fully saturated rings. The quantitative estimate of drug-likeness (QED) is 0.827. The van der Waals surface area contributed by atoms with Crippen LogP contribution in [0.5, 0.6) is 5.75 Å². The average Bonchev–Trinajstić information content (AvgIpc) is 3.03. The van der Waals surface area contributed by atoms with Gasteiger partial charge in [-0.3, -0.25) is 4.79 Å². The van der Waals surface area contributed by atoms with Gasteiger partial charge in [-0.25, -0.2) is 4.39 Å². The summed E-state index contributed by atoms with van der Waals surface area (Å²) in [5.74, 6) is 0.648. The van der Waals surface area contributed by atoms with Crippen molar-refractivity contribution < 1.29 is 13.9 Å². The number of likely N-dealkylation sites (N-methyl/N-ethyl adjacent to an activating group) is 1. The van der Waals surface area contributed by atoms with Crippen LogP contribution < -0.4 is 10.1 Å². The van der Waals surface area contributed by atoms with Crippen molar-refractivity contribution in [2.45, 2.75) is 31.3 Å². The monoisotopic (exact) mass is 356 g/mol. The van der Waals surface area contributed by atoms with Crippen LogP contribution in [0.4, 0.5) is 4.39 Å². The van der Waals surface area contributed by atoms with Gasteiger partial charge in [0, 0.05) is 18.0 Å². The van der Waals surface area contributed by atoms with Crippen LogP contribution in [0.25, 0.3) is 0 Å². The van der Waals surface area contributed by atoms with Crippen molar-refractivity contribution in [1.82, 2.24) is 10.2 Å². The number of hydrogen-bond donors (Lipinski definition) is 1. The molecule has 1 unspecified atom stereocenters. The zero-order chi connectivity index (χ0) is 18.5. The van der Waals surface area contributed by atoms with Crippen molar-refractivity contribution in [2.75, 3.05) is 20.7 Å². The largest absolute Gasteiger partial charge is 0.491 e. The van der Waals surface area contributed by atoms with Crippen molar-refractivity contribution in [3.63, 3.8) is 0 Å². The van der Waals surface area contributed by atoms with Crippen molar-refractivity contribution in [3.05, 3.63) is 65.5 Å². The molecule has 0 saturated heterocycles. The Labute approximate surface area is 154 Å². The number of carbonyl (C=O) groups is 1. The first-order valence-corrected chi connectivity index (χ1v) is 8.95. The predicted octanol–water partition coefficient (Wildman–Crippen LogP) is 3.33. The SMILES string of the molecule is CN(C)[C@H](CCC(=O)NC1COc2ccccc21)Cc1ccc(F)cc1. The Morgan fingerprint density at radius 1 is 1.23 bits per heavy atom. The van der Waals surface area contributed by atoms with Crippen LogP contribution in [0.3, 0.4) is 0 Å². The van der Waals surface area contributed by atoms with Crippen molar-refractivity contribution in [1.29, 1.82) is 0 Å². The van der Waals surface area contributed by atoms with Crippen LogP contribution >= 0.6 is 0 Å². The van der Waals surface area contributed by atoms with Crippen molar-refractivity contribution in [2.24, 2.45) is 0 Å². The first-order chi connectivity index (χ1) is 12.5. The molecule has 5 heteroatoms. The van der Waals surface area contributed by atoms with Gasteiger partial charge in [0.05, 0.1) is 6.04 Å². The molecule has 0 aliphatic carbocycles. The molecule has 1 aliphatic heterocycles. The molecular formula is C21H25FN2O2. The lowest BCUT2D eigenvalue weighted by molar-refractivity contribution is -0.122. The van der Waals surface area contributed by atoms with Gasteiger partial charge >= 0.3 is 0 Å². The molecule has 1 aliphatic rings.